The van der Waals surface area contributed by atoms with Crippen LogP contribution in [0.2, 0.25) is 0 Å². The van der Waals surface area contributed by atoms with Crippen LogP contribution in [-0.4, -0.2) is 17.6 Å². The van der Waals surface area contributed by atoms with Crippen molar-refractivity contribution in [3.8, 4) is 11.1 Å². The van der Waals surface area contributed by atoms with E-state index in [1.54, 1.807) is 26.8 Å². The van der Waals surface area contributed by atoms with E-state index >= 15 is 0 Å². The molecule has 2 rings (SSSR count). The molecule has 0 radical (unpaired) electrons. The fourth-order valence-electron chi connectivity index (χ4n) is 2.36. The van der Waals surface area contributed by atoms with E-state index < -0.39 is 17.7 Å². The zero-order valence-corrected chi connectivity index (χ0v) is 13.0. The highest BCUT2D eigenvalue weighted by Gasteiger charge is 2.30. The molecule has 0 atom stereocenters. The molecule has 0 aliphatic rings. The lowest BCUT2D eigenvalue weighted by Crippen LogP contribution is -2.11. The van der Waals surface area contributed by atoms with Crippen molar-refractivity contribution in [1.82, 2.24) is 4.98 Å². The fourth-order valence-corrected chi connectivity index (χ4v) is 2.36. The Bertz CT molecular complexity index is 722. The van der Waals surface area contributed by atoms with Crippen LogP contribution in [0.1, 0.15) is 34.2 Å². The molecule has 0 unspecified atom stereocenters. The molecule has 2 aromatic rings. The van der Waals surface area contributed by atoms with Gasteiger partial charge in [0.2, 0.25) is 0 Å². The number of benzene rings is 1. The summed E-state index contributed by atoms with van der Waals surface area (Å²) in [5.74, 6) is -0.535. The predicted octanol–water partition coefficient (Wildman–Crippen LogP) is 4.56. The van der Waals surface area contributed by atoms with Crippen LogP contribution in [0.25, 0.3) is 11.1 Å². The minimum absolute atomic E-state index is 0.207. The number of alkyl halides is 3. The van der Waals surface area contributed by atoms with Crippen LogP contribution in [0.5, 0.6) is 0 Å². The maximum atomic E-state index is 12.7. The predicted molar refractivity (Wildman–Crippen MR) is 80.1 cm³/mol. The van der Waals surface area contributed by atoms with Gasteiger partial charge in [-0.1, -0.05) is 12.1 Å². The number of pyridine rings is 1. The summed E-state index contributed by atoms with van der Waals surface area (Å²) >= 11 is 0. The van der Waals surface area contributed by atoms with Crippen LogP contribution in [0, 0.1) is 13.8 Å². The van der Waals surface area contributed by atoms with E-state index in [-0.39, 0.29) is 12.2 Å². The first kappa shape index (κ1) is 17.0. The fraction of sp³-hybridized carbons (Fsp3) is 0.294. The molecule has 0 amide bonds. The molecule has 1 heterocycles. The highest BCUT2D eigenvalue weighted by Crippen LogP contribution is 2.32. The first-order valence-electron chi connectivity index (χ1n) is 7.07. The molecule has 0 bridgehead atoms. The Kier molecular flexibility index (Phi) is 4.73. The number of esters is 1. The molecule has 23 heavy (non-hydrogen) atoms. The number of carbonyl (C=O) groups excluding carboxylic acids is 1. The Balaban J connectivity index is 2.56. The smallest absolute Gasteiger partial charge is 0.416 e. The standard InChI is InChI=1S/C17H16F3NO2/c1-4-23-16(22)15-11(3)21-10(2)9-14(15)12-5-7-13(8-6-12)17(18,19)20/h5-9H,4H2,1-3H3. The second-order valence-electron chi connectivity index (χ2n) is 5.07. The summed E-state index contributed by atoms with van der Waals surface area (Å²) in [4.78, 5) is 16.4. The van der Waals surface area contributed by atoms with Gasteiger partial charge >= 0.3 is 12.1 Å². The summed E-state index contributed by atoms with van der Waals surface area (Å²) < 4.78 is 43.1. The summed E-state index contributed by atoms with van der Waals surface area (Å²) in [5, 5.41) is 0. The van der Waals surface area contributed by atoms with E-state index in [4.69, 9.17) is 4.74 Å². The Morgan fingerprint density at radius 3 is 2.30 bits per heavy atom. The van der Waals surface area contributed by atoms with Crippen molar-refractivity contribution in [3.05, 3.63) is 52.8 Å². The van der Waals surface area contributed by atoms with Gasteiger partial charge < -0.3 is 4.74 Å². The van der Waals surface area contributed by atoms with E-state index in [2.05, 4.69) is 4.98 Å². The molecule has 0 saturated carbocycles. The van der Waals surface area contributed by atoms with E-state index in [1.807, 2.05) is 0 Å². The van der Waals surface area contributed by atoms with E-state index in [1.165, 1.54) is 12.1 Å². The number of halogens is 3. The van der Waals surface area contributed by atoms with Gasteiger partial charge in [0.15, 0.2) is 0 Å². The van der Waals surface area contributed by atoms with E-state index in [0.29, 0.717) is 22.5 Å². The van der Waals surface area contributed by atoms with Crippen LogP contribution >= 0.6 is 0 Å². The molecule has 1 aromatic carbocycles. The van der Waals surface area contributed by atoms with Crippen molar-refractivity contribution in [2.45, 2.75) is 26.9 Å². The molecule has 0 saturated heterocycles. The maximum Gasteiger partial charge on any atom is 0.416 e. The number of nitrogens with zero attached hydrogens (tertiary/aromatic N) is 1. The highest BCUT2D eigenvalue weighted by atomic mass is 19.4. The zero-order chi connectivity index (χ0) is 17.2. The Morgan fingerprint density at radius 1 is 1.17 bits per heavy atom. The molecule has 0 spiro atoms. The Hall–Kier alpha value is -2.37. The van der Waals surface area contributed by atoms with Gasteiger partial charge in [-0.05, 0) is 50.1 Å². The lowest BCUT2D eigenvalue weighted by molar-refractivity contribution is -0.137. The van der Waals surface area contributed by atoms with Crippen LogP contribution in [-0.2, 0) is 10.9 Å². The quantitative estimate of drug-likeness (QED) is 0.777. The molecule has 0 fully saturated rings. The van der Waals surface area contributed by atoms with Crippen LogP contribution in [0.3, 0.4) is 0 Å². The second-order valence-corrected chi connectivity index (χ2v) is 5.07. The largest absolute Gasteiger partial charge is 0.462 e. The summed E-state index contributed by atoms with van der Waals surface area (Å²) in [6.07, 6.45) is -4.40. The molecule has 122 valence electrons. The third-order valence-electron chi connectivity index (χ3n) is 3.33. The van der Waals surface area contributed by atoms with Crippen LogP contribution < -0.4 is 0 Å². The molecule has 0 N–H and O–H groups in total. The van der Waals surface area contributed by atoms with Crippen LogP contribution in [0.15, 0.2) is 30.3 Å². The maximum absolute atomic E-state index is 12.7. The summed E-state index contributed by atoms with van der Waals surface area (Å²) in [6.45, 7) is 5.33. The lowest BCUT2D eigenvalue weighted by atomic mass is 9.97. The van der Waals surface area contributed by atoms with Gasteiger partial charge in [0, 0.05) is 5.69 Å². The van der Waals surface area contributed by atoms with Crippen molar-refractivity contribution in [1.29, 1.82) is 0 Å². The zero-order valence-electron chi connectivity index (χ0n) is 13.0. The molecule has 0 aliphatic carbocycles. The summed E-state index contributed by atoms with van der Waals surface area (Å²) in [6, 6.07) is 6.35. The Morgan fingerprint density at radius 2 is 1.78 bits per heavy atom. The average Bonchev–Trinajstić information content (AvgIpc) is 2.45. The van der Waals surface area contributed by atoms with E-state index in [0.717, 1.165) is 12.1 Å². The summed E-state index contributed by atoms with van der Waals surface area (Å²) in [7, 11) is 0. The van der Waals surface area contributed by atoms with Gasteiger partial charge in [0.05, 0.1) is 23.4 Å². The first-order chi connectivity index (χ1) is 10.7. The van der Waals surface area contributed by atoms with Crippen molar-refractivity contribution in [2.24, 2.45) is 0 Å². The summed E-state index contributed by atoms with van der Waals surface area (Å²) in [5.41, 5.74) is 1.72. The third-order valence-corrected chi connectivity index (χ3v) is 3.33. The number of aromatic nitrogens is 1. The normalized spacial score (nSPS) is 11.4. The molecule has 6 heteroatoms. The minimum atomic E-state index is -4.40. The molecular weight excluding hydrogens is 307 g/mol. The molecule has 3 nitrogen and oxygen atoms in total. The topological polar surface area (TPSA) is 39.2 Å². The van der Waals surface area contributed by atoms with Gasteiger partial charge in [0.25, 0.3) is 0 Å². The average molecular weight is 323 g/mol. The first-order valence-corrected chi connectivity index (χ1v) is 7.07. The number of ether oxygens (including phenoxy) is 1. The van der Waals surface area contributed by atoms with Gasteiger partial charge in [-0.25, -0.2) is 4.79 Å². The van der Waals surface area contributed by atoms with Crippen molar-refractivity contribution < 1.29 is 22.7 Å². The van der Waals surface area contributed by atoms with Gasteiger partial charge in [-0.2, -0.15) is 13.2 Å². The van der Waals surface area contributed by atoms with Crippen molar-refractivity contribution in [3.63, 3.8) is 0 Å². The monoisotopic (exact) mass is 323 g/mol. The molecule has 0 aliphatic heterocycles. The number of rotatable bonds is 3. The number of carbonyl (C=O) groups is 1. The van der Waals surface area contributed by atoms with Crippen LogP contribution in [0.4, 0.5) is 13.2 Å². The number of aryl methyl sites for hydroxylation is 2. The van der Waals surface area contributed by atoms with Crippen molar-refractivity contribution in [2.75, 3.05) is 6.61 Å². The molecule has 1 aromatic heterocycles. The lowest BCUT2D eigenvalue weighted by Gasteiger charge is -2.13. The Labute approximate surface area is 132 Å². The van der Waals surface area contributed by atoms with Gasteiger partial charge in [-0.3, -0.25) is 4.98 Å². The van der Waals surface area contributed by atoms with Crippen molar-refractivity contribution >= 4 is 5.97 Å². The van der Waals surface area contributed by atoms with E-state index in [9.17, 15) is 18.0 Å². The SMILES string of the molecule is CCOC(=O)c1c(-c2ccc(C(F)(F)F)cc2)cc(C)nc1C. The second kappa shape index (κ2) is 6.40. The number of hydrogen-bond acceptors (Lipinski definition) is 3. The van der Waals surface area contributed by atoms with Gasteiger partial charge in [-0.15, -0.1) is 0 Å². The number of hydrogen-bond donors (Lipinski definition) is 0. The minimum Gasteiger partial charge on any atom is -0.462 e. The highest BCUT2D eigenvalue weighted by molar-refractivity contribution is 5.98. The third kappa shape index (κ3) is 3.70. The van der Waals surface area contributed by atoms with Gasteiger partial charge in [0.1, 0.15) is 0 Å². The molecular formula is C17H16F3NO2.